The van der Waals surface area contributed by atoms with E-state index in [1.54, 1.807) is 0 Å². The number of halogens is 1. The third-order valence-corrected chi connectivity index (χ3v) is 1.20. The van der Waals surface area contributed by atoms with Gasteiger partial charge < -0.3 is 5.11 Å². The van der Waals surface area contributed by atoms with E-state index < -0.39 is 0 Å². The van der Waals surface area contributed by atoms with Crippen LogP contribution in [0.3, 0.4) is 0 Å². The Kier molecular flexibility index (Phi) is 1.44. The number of aromatic nitrogens is 1. The molecule has 0 amide bonds. The molecular formula is C5H5ClNO2+. The second kappa shape index (κ2) is 2.11. The van der Waals surface area contributed by atoms with Crippen LogP contribution in [-0.2, 0) is 0 Å². The fourth-order valence-electron chi connectivity index (χ4n) is 0.464. The minimum atomic E-state index is -0.348. The van der Waals surface area contributed by atoms with Crippen molar-refractivity contribution < 1.29 is 15.0 Å². The molecule has 1 aromatic rings. The maximum atomic E-state index is 8.79. The molecule has 0 aliphatic rings. The van der Waals surface area contributed by atoms with Crippen molar-refractivity contribution in [2.24, 2.45) is 0 Å². The average molecular weight is 147 g/mol. The SMILES string of the molecule is Oc1c(Cl)ccc[n+]1O. The second-order valence-electron chi connectivity index (χ2n) is 1.52. The van der Waals surface area contributed by atoms with Crippen LogP contribution in [0.15, 0.2) is 18.3 Å². The predicted molar refractivity (Wildman–Crippen MR) is 30.5 cm³/mol. The summed E-state index contributed by atoms with van der Waals surface area (Å²) in [5.41, 5.74) is 0. The van der Waals surface area contributed by atoms with Gasteiger partial charge in [-0.25, -0.2) is 0 Å². The fraction of sp³-hybridized carbons (Fsp3) is 0. The van der Waals surface area contributed by atoms with Gasteiger partial charge in [-0.1, -0.05) is 11.6 Å². The number of nitrogens with zero attached hydrogens (tertiary/aromatic N) is 1. The Morgan fingerprint density at radius 2 is 2.22 bits per heavy atom. The fourth-order valence-corrected chi connectivity index (χ4v) is 0.623. The van der Waals surface area contributed by atoms with Crippen molar-refractivity contribution in [3.63, 3.8) is 0 Å². The Balaban J connectivity index is 3.25. The number of hydrogen-bond donors (Lipinski definition) is 2. The van der Waals surface area contributed by atoms with E-state index in [1.165, 1.54) is 18.3 Å². The summed E-state index contributed by atoms with van der Waals surface area (Å²) in [4.78, 5) is 0. The summed E-state index contributed by atoms with van der Waals surface area (Å²) in [6, 6.07) is 2.99. The van der Waals surface area contributed by atoms with Crippen LogP contribution in [0, 0.1) is 0 Å². The van der Waals surface area contributed by atoms with Gasteiger partial charge >= 0.3 is 5.88 Å². The smallest absolute Gasteiger partial charge is 0.433 e. The van der Waals surface area contributed by atoms with E-state index in [9.17, 15) is 0 Å². The lowest BCUT2D eigenvalue weighted by Crippen LogP contribution is -2.28. The number of aromatic hydroxyl groups is 1. The van der Waals surface area contributed by atoms with Crippen molar-refractivity contribution in [1.82, 2.24) is 0 Å². The first-order valence-electron chi connectivity index (χ1n) is 2.30. The molecule has 3 nitrogen and oxygen atoms in total. The van der Waals surface area contributed by atoms with E-state index in [0.717, 1.165) is 0 Å². The molecule has 2 N–H and O–H groups in total. The van der Waals surface area contributed by atoms with Gasteiger partial charge in [0.1, 0.15) is 0 Å². The van der Waals surface area contributed by atoms with E-state index in [2.05, 4.69) is 0 Å². The molecule has 0 aliphatic carbocycles. The lowest BCUT2D eigenvalue weighted by Gasteiger charge is -1.87. The van der Waals surface area contributed by atoms with Gasteiger partial charge in [0.25, 0.3) is 0 Å². The maximum absolute atomic E-state index is 8.79. The summed E-state index contributed by atoms with van der Waals surface area (Å²) in [5.74, 6) is -0.348. The van der Waals surface area contributed by atoms with E-state index in [0.29, 0.717) is 4.73 Å². The maximum Gasteiger partial charge on any atom is 0.433 e. The van der Waals surface area contributed by atoms with Gasteiger partial charge in [-0.05, 0) is 6.07 Å². The van der Waals surface area contributed by atoms with E-state index in [4.69, 9.17) is 21.9 Å². The van der Waals surface area contributed by atoms with Gasteiger partial charge in [0.2, 0.25) is 6.20 Å². The molecule has 1 aromatic heterocycles. The summed E-state index contributed by atoms with van der Waals surface area (Å²) in [6.07, 6.45) is 1.28. The Labute approximate surface area is 56.7 Å². The van der Waals surface area contributed by atoms with Gasteiger partial charge in [0.15, 0.2) is 5.02 Å². The van der Waals surface area contributed by atoms with Crippen LogP contribution in [0.5, 0.6) is 5.88 Å². The van der Waals surface area contributed by atoms with Crippen molar-refractivity contribution in [1.29, 1.82) is 0 Å². The molecule has 0 radical (unpaired) electrons. The van der Waals surface area contributed by atoms with Crippen molar-refractivity contribution in [3.05, 3.63) is 23.4 Å². The van der Waals surface area contributed by atoms with E-state index >= 15 is 0 Å². The predicted octanol–water partition coefficient (Wildman–Crippen LogP) is 0.570. The molecule has 0 spiro atoms. The zero-order valence-corrected chi connectivity index (χ0v) is 5.21. The Morgan fingerprint density at radius 1 is 1.56 bits per heavy atom. The summed E-state index contributed by atoms with van der Waals surface area (Å²) in [5, 5.41) is 17.6. The lowest BCUT2D eigenvalue weighted by molar-refractivity contribution is -0.906. The highest BCUT2D eigenvalue weighted by atomic mass is 35.5. The lowest BCUT2D eigenvalue weighted by atomic mass is 10.5. The monoisotopic (exact) mass is 146 g/mol. The van der Waals surface area contributed by atoms with Crippen molar-refractivity contribution in [3.8, 4) is 5.88 Å². The van der Waals surface area contributed by atoms with Gasteiger partial charge in [-0.3, -0.25) is 5.21 Å². The number of rotatable bonds is 0. The Hall–Kier alpha value is -0.960. The molecule has 0 saturated carbocycles. The van der Waals surface area contributed by atoms with Crippen LogP contribution in [-0.4, -0.2) is 10.3 Å². The number of hydrogen-bond acceptors (Lipinski definition) is 2. The van der Waals surface area contributed by atoms with Crippen LogP contribution in [0.1, 0.15) is 0 Å². The van der Waals surface area contributed by atoms with Gasteiger partial charge in [-0.15, -0.1) is 0 Å². The molecule has 0 aromatic carbocycles. The third kappa shape index (κ3) is 1.05. The molecule has 4 heteroatoms. The van der Waals surface area contributed by atoms with Crippen LogP contribution in [0.4, 0.5) is 0 Å². The van der Waals surface area contributed by atoms with Gasteiger partial charge in [0.05, 0.1) is 0 Å². The molecule has 0 aliphatic heterocycles. The highest BCUT2D eigenvalue weighted by molar-refractivity contribution is 6.31. The molecule has 0 bridgehead atoms. The van der Waals surface area contributed by atoms with Crippen molar-refractivity contribution in [2.75, 3.05) is 0 Å². The molecule has 0 atom stereocenters. The molecule has 0 saturated heterocycles. The topological polar surface area (TPSA) is 44.3 Å². The van der Waals surface area contributed by atoms with E-state index in [-0.39, 0.29) is 10.9 Å². The summed E-state index contributed by atoms with van der Waals surface area (Å²) in [6.45, 7) is 0. The quantitative estimate of drug-likeness (QED) is 0.415. The van der Waals surface area contributed by atoms with Crippen molar-refractivity contribution >= 4 is 11.6 Å². The van der Waals surface area contributed by atoms with Crippen LogP contribution in [0.2, 0.25) is 5.02 Å². The van der Waals surface area contributed by atoms with Crippen LogP contribution < -0.4 is 4.73 Å². The standard InChI is InChI=1S/C5H4ClNO2/c6-4-2-1-3-7(9)5(4)8/h1-3,9H/p+1. The summed E-state index contributed by atoms with van der Waals surface area (Å²) in [7, 11) is 0. The van der Waals surface area contributed by atoms with Crippen molar-refractivity contribution in [2.45, 2.75) is 0 Å². The zero-order valence-electron chi connectivity index (χ0n) is 4.45. The normalized spacial score (nSPS) is 9.44. The second-order valence-corrected chi connectivity index (χ2v) is 1.93. The molecule has 9 heavy (non-hydrogen) atoms. The Bertz CT molecular complexity index is 206. The number of pyridine rings is 1. The zero-order chi connectivity index (χ0) is 6.85. The molecule has 0 unspecified atom stereocenters. The first-order valence-corrected chi connectivity index (χ1v) is 2.68. The minimum absolute atomic E-state index is 0.125. The van der Waals surface area contributed by atoms with Gasteiger partial charge in [0, 0.05) is 10.8 Å². The van der Waals surface area contributed by atoms with Crippen LogP contribution >= 0.6 is 11.6 Å². The van der Waals surface area contributed by atoms with Gasteiger partial charge in [-0.2, -0.15) is 0 Å². The van der Waals surface area contributed by atoms with Crippen LogP contribution in [0.25, 0.3) is 0 Å². The molecule has 48 valence electrons. The highest BCUT2D eigenvalue weighted by Crippen LogP contribution is 2.15. The van der Waals surface area contributed by atoms with E-state index in [1.807, 2.05) is 0 Å². The average Bonchev–Trinajstić information content (AvgIpc) is 1.83. The summed E-state index contributed by atoms with van der Waals surface area (Å²) >= 11 is 5.38. The summed E-state index contributed by atoms with van der Waals surface area (Å²) < 4.78 is 0.544. The molecular weight excluding hydrogens is 142 g/mol. The Morgan fingerprint density at radius 3 is 2.67 bits per heavy atom. The molecule has 0 fully saturated rings. The third-order valence-electron chi connectivity index (χ3n) is 0.900. The minimum Gasteiger partial charge on any atom is -0.456 e. The molecule has 1 heterocycles. The highest BCUT2D eigenvalue weighted by Gasteiger charge is 2.10. The first-order chi connectivity index (χ1) is 4.22. The largest absolute Gasteiger partial charge is 0.456 e. The molecule has 1 rings (SSSR count). The first kappa shape index (κ1) is 6.16.